The Morgan fingerprint density at radius 1 is 1.37 bits per heavy atom. The minimum absolute atomic E-state index is 0.0164. The fourth-order valence-corrected chi connectivity index (χ4v) is 2.28. The van der Waals surface area contributed by atoms with Gasteiger partial charge in [0.2, 0.25) is 0 Å². The van der Waals surface area contributed by atoms with Crippen LogP contribution in [-0.4, -0.2) is 21.4 Å². The summed E-state index contributed by atoms with van der Waals surface area (Å²) in [7, 11) is 0. The Hall–Kier alpha value is -2.15. The van der Waals surface area contributed by atoms with Crippen molar-refractivity contribution in [2.24, 2.45) is 0 Å². The number of anilines is 1. The summed E-state index contributed by atoms with van der Waals surface area (Å²) in [6, 6.07) is 8.46. The normalized spacial score (nSPS) is 10.2. The Balaban J connectivity index is 2.35. The van der Waals surface area contributed by atoms with E-state index in [1.807, 2.05) is 13.0 Å². The van der Waals surface area contributed by atoms with Crippen LogP contribution in [0.1, 0.15) is 6.92 Å². The maximum absolute atomic E-state index is 11.0. The highest BCUT2D eigenvalue weighted by Gasteiger charge is 2.17. The molecule has 0 radical (unpaired) electrons. The van der Waals surface area contributed by atoms with Gasteiger partial charge in [-0.25, -0.2) is 9.97 Å². The van der Waals surface area contributed by atoms with Crippen LogP contribution >= 0.6 is 11.8 Å². The summed E-state index contributed by atoms with van der Waals surface area (Å²) in [5, 5.41) is 15.0. The molecule has 2 aromatic rings. The van der Waals surface area contributed by atoms with E-state index in [9.17, 15) is 10.1 Å². The lowest BCUT2D eigenvalue weighted by Gasteiger charge is -2.05. The molecule has 0 atom stereocenters. The van der Waals surface area contributed by atoms with Gasteiger partial charge in [-0.3, -0.25) is 10.1 Å². The fraction of sp³-hybridized carbons (Fsp3) is 0.167. The molecule has 19 heavy (non-hydrogen) atoms. The molecule has 0 aliphatic heterocycles. The third-order valence-electron chi connectivity index (χ3n) is 2.23. The van der Waals surface area contributed by atoms with Crippen molar-refractivity contribution < 1.29 is 4.92 Å². The number of hydrogen-bond acceptors (Lipinski definition) is 6. The first kappa shape index (κ1) is 13.3. The van der Waals surface area contributed by atoms with Gasteiger partial charge in [-0.15, -0.1) is 0 Å². The third kappa shape index (κ3) is 3.41. The van der Waals surface area contributed by atoms with Crippen molar-refractivity contribution in [1.29, 1.82) is 0 Å². The van der Waals surface area contributed by atoms with Crippen molar-refractivity contribution in [3.63, 3.8) is 0 Å². The van der Waals surface area contributed by atoms with Gasteiger partial charge in [-0.1, -0.05) is 6.07 Å². The van der Waals surface area contributed by atoms with Gasteiger partial charge in [0.25, 0.3) is 0 Å². The van der Waals surface area contributed by atoms with Crippen LogP contribution in [0.25, 0.3) is 0 Å². The Kier molecular flexibility index (Phi) is 4.30. The molecule has 0 aliphatic carbocycles. The van der Waals surface area contributed by atoms with E-state index in [0.29, 0.717) is 22.4 Å². The van der Waals surface area contributed by atoms with Gasteiger partial charge in [0.15, 0.2) is 5.03 Å². The molecule has 98 valence electrons. The zero-order valence-electron chi connectivity index (χ0n) is 10.2. The quantitative estimate of drug-likeness (QED) is 0.668. The minimum atomic E-state index is -0.437. The summed E-state index contributed by atoms with van der Waals surface area (Å²) in [4.78, 5) is 18.9. The first-order chi connectivity index (χ1) is 9.20. The maximum atomic E-state index is 11.0. The van der Waals surface area contributed by atoms with Gasteiger partial charge in [-0.05, 0) is 36.9 Å². The fourth-order valence-electron chi connectivity index (χ4n) is 1.43. The standard InChI is InChI=1S/C12H12N4O2S/c1-2-13-10-7-6-9(16(17)18)12(15-10)19-11-5-3-4-8-14-11/h3-8H,2H2,1H3,(H,13,15). The van der Waals surface area contributed by atoms with Gasteiger partial charge in [0.05, 0.1) is 4.92 Å². The Labute approximate surface area is 114 Å². The molecule has 7 heteroatoms. The topological polar surface area (TPSA) is 81.0 Å². The van der Waals surface area contributed by atoms with Crippen molar-refractivity contribution in [1.82, 2.24) is 9.97 Å². The maximum Gasteiger partial charge on any atom is 0.301 e. The van der Waals surface area contributed by atoms with E-state index in [2.05, 4.69) is 15.3 Å². The van der Waals surface area contributed by atoms with E-state index in [-0.39, 0.29) is 5.69 Å². The highest BCUT2D eigenvalue weighted by molar-refractivity contribution is 7.99. The third-order valence-corrected chi connectivity index (χ3v) is 3.18. The van der Waals surface area contributed by atoms with E-state index >= 15 is 0 Å². The molecule has 2 rings (SSSR count). The summed E-state index contributed by atoms with van der Waals surface area (Å²) in [6.07, 6.45) is 1.64. The molecule has 0 bridgehead atoms. The molecule has 2 heterocycles. The number of nitrogens with zero attached hydrogens (tertiary/aromatic N) is 3. The van der Waals surface area contributed by atoms with E-state index < -0.39 is 4.92 Å². The van der Waals surface area contributed by atoms with Crippen LogP contribution in [0.3, 0.4) is 0 Å². The summed E-state index contributed by atoms with van der Waals surface area (Å²) in [6.45, 7) is 2.65. The van der Waals surface area contributed by atoms with Gasteiger partial charge in [0, 0.05) is 18.8 Å². The van der Waals surface area contributed by atoms with Crippen LogP contribution in [0, 0.1) is 10.1 Å². The smallest absolute Gasteiger partial charge is 0.301 e. The first-order valence-corrected chi connectivity index (χ1v) is 6.50. The largest absolute Gasteiger partial charge is 0.370 e. The molecular formula is C12H12N4O2S. The van der Waals surface area contributed by atoms with Crippen LogP contribution in [0.4, 0.5) is 11.5 Å². The van der Waals surface area contributed by atoms with Crippen molar-refractivity contribution >= 4 is 23.3 Å². The Bertz CT molecular complexity index is 577. The molecule has 0 aromatic carbocycles. The highest BCUT2D eigenvalue weighted by atomic mass is 32.2. The average molecular weight is 276 g/mol. The second-order valence-electron chi connectivity index (χ2n) is 3.58. The first-order valence-electron chi connectivity index (χ1n) is 5.69. The summed E-state index contributed by atoms with van der Waals surface area (Å²) in [5.41, 5.74) is -0.0164. The van der Waals surface area contributed by atoms with E-state index in [1.165, 1.54) is 17.8 Å². The lowest BCUT2D eigenvalue weighted by atomic mass is 10.4. The van der Waals surface area contributed by atoms with Gasteiger partial charge >= 0.3 is 5.69 Å². The zero-order chi connectivity index (χ0) is 13.7. The lowest BCUT2D eigenvalue weighted by Crippen LogP contribution is -2.01. The van der Waals surface area contributed by atoms with Gasteiger partial charge < -0.3 is 5.32 Å². The number of nitrogens with one attached hydrogen (secondary N) is 1. The van der Waals surface area contributed by atoms with Crippen molar-refractivity contribution in [3.05, 3.63) is 46.6 Å². The molecule has 0 fully saturated rings. The molecule has 6 nitrogen and oxygen atoms in total. The lowest BCUT2D eigenvalue weighted by molar-refractivity contribution is -0.388. The van der Waals surface area contributed by atoms with Gasteiger partial charge in [-0.2, -0.15) is 0 Å². The Morgan fingerprint density at radius 3 is 2.84 bits per heavy atom. The second kappa shape index (κ2) is 6.14. The molecule has 0 saturated carbocycles. The van der Waals surface area contributed by atoms with Gasteiger partial charge in [0.1, 0.15) is 10.8 Å². The molecule has 2 aromatic heterocycles. The summed E-state index contributed by atoms with van der Waals surface area (Å²) >= 11 is 1.18. The molecule has 0 unspecified atom stereocenters. The highest BCUT2D eigenvalue weighted by Crippen LogP contribution is 2.32. The Morgan fingerprint density at radius 2 is 2.21 bits per heavy atom. The molecule has 0 aliphatic rings. The number of hydrogen-bond donors (Lipinski definition) is 1. The SMILES string of the molecule is CCNc1ccc([N+](=O)[O-])c(Sc2ccccn2)n1. The second-order valence-corrected chi connectivity index (χ2v) is 4.59. The molecule has 0 amide bonds. The predicted octanol–water partition coefficient (Wildman–Crippen LogP) is 2.97. The minimum Gasteiger partial charge on any atom is -0.370 e. The zero-order valence-corrected chi connectivity index (χ0v) is 11.1. The molecule has 0 saturated heterocycles. The van der Waals surface area contributed by atoms with E-state index in [4.69, 9.17) is 0 Å². The van der Waals surface area contributed by atoms with Crippen molar-refractivity contribution in [3.8, 4) is 0 Å². The average Bonchev–Trinajstić information content (AvgIpc) is 2.40. The van der Waals surface area contributed by atoms with Crippen LogP contribution in [-0.2, 0) is 0 Å². The molecular weight excluding hydrogens is 264 g/mol. The predicted molar refractivity (Wildman–Crippen MR) is 73.4 cm³/mol. The van der Waals surface area contributed by atoms with E-state index in [0.717, 1.165) is 0 Å². The van der Waals surface area contributed by atoms with Crippen LogP contribution < -0.4 is 5.32 Å². The monoisotopic (exact) mass is 276 g/mol. The van der Waals surface area contributed by atoms with Crippen molar-refractivity contribution in [2.75, 3.05) is 11.9 Å². The summed E-state index contributed by atoms with van der Waals surface area (Å²) < 4.78 is 0. The van der Waals surface area contributed by atoms with Crippen LogP contribution in [0.2, 0.25) is 0 Å². The molecule has 0 spiro atoms. The van der Waals surface area contributed by atoms with E-state index in [1.54, 1.807) is 24.4 Å². The van der Waals surface area contributed by atoms with Crippen molar-refractivity contribution in [2.45, 2.75) is 17.0 Å². The number of aromatic nitrogens is 2. The number of rotatable bonds is 5. The summed E-state index contributed by atoms with van der Waals surface area (Å²) in [5.74, 6) is 0.617. The molecule has 1 N–H and O–H groups in total. The van der Waals surface area contributed by atoms with Crippen LogP contribution in [0.5, 0.6) is 0 Å². The number of nitro groups is 1. The van der Waals surface area contributed by atoms with Crippen LogP contribution in [0.15, 0.2) is 46.6 Å². The number of pyridine rings is 2.